The molecule has 0 saturated carbocycles. The summed E-state index contributed by atoms with van der Waals surface area (Å²) in [4.78, 5) is 13.8. The molecule has 1 atom stereocenters. The number of rotatable bonds is 2. The molecule has 4 nitrogen and oxygen atoms in total. The minimum Gasteiger partial charge on any atom is -0.396 e. The van der Waals surface area contributed by atoms with Gasteiger partial charge < -0.3 is 15.3 Å². The Kier molecular flexibility index (Phi) is 4.91. The van der Waals surface area contributed by atoms with Crippen LogP contribution in [0.25, 0.3) is 0 Å². The van der Waals surface area contributed by atoms with Crippen LogP contribution >= 0.6 is 23.2 Å². The van der Waals surface area contributed by atoms with Crippen LogP contribution in [0.15, 0.2) is 18.2 Å². The standard InChI is InChI=1S/C13H16Cl2N2O2/c14-10-3-4-12(11(15)6-10)16-13(19)17-5-1-2-9(7-17)8-18/h3-4,6,9,18H,1-2,5,7-8H2,(H,16,19). The number of carbonyl (C=O) groups is 1. The zero-order chi connectivity index (χ0) is 13.8. The van der Waals surface area contributed by atoms with Crippen molar-refractivity contribution in [3.8, 4) is 0 Å². The number of nitrogens with zero attached hydrogens (tertiary/aromatic N) is 1. The Morgan fingerprint density at radius 2 is 2.26 bits per heavy atom. The van der Waals surface area contributed by atoms with Crippen molar-refractivity contribution in [2.24, 2.45) is 5.92 Å². The summed E-state index contributed by atoms with van der Waals surface area (Å²) in [5.74, 6) is 0.167. The fourth-order valence-corrected chi connectivity index (χ4v) is 2.64. The van der Waals surface area contributed by atoms with Crippen molar-refractivity contribution in [3.63, 3.8) is 0 Å². The average molecular weight is 303 g/mol. The number of hydrogen-bond acceptors (Lipinski definition) is 2. The second kappa shape index (κ2) is 6.46. The molecule has 104 valence electrons. The van der Waals surface area contributed by atoms with E-state index < -0.39 is 0 Å². The van der Waals surface area contributed by atoms with Gasteiger partial charge in [0.15, 0.2) is 0 Å². The van der Waals surface area contributed by atoms with E-state index in [2.05, 4.69) is 5.32 Å². The van der Waals surface area contributed by atoms with Crippen LogP contribution in [0.3, 0.4) is 0 Å². The molecule has 0 radical (unpaired) electrons. The van der Waals surface area contributed by atoms with Crippen molar-refractivity contribution in [2.45, 2.75) is 12.8 Å². The Hall–Kier alpha value is -0.970. The first kappa shape index (κ1) is 14.4. The number of nitrogens with one attached hydrogen (secondary N) is 1. The van der Waals surface area contributed by atoms with Gasteiger partial charge >= 0.3 is 6.03 Å². The van der Waals surface area contributed by atoms with E-state index in [1.807, 2.05) is 0 Å². The van der Waals surface area contributed by atoms with Gasteiger partial charge in [-0.25, -0.2) is 4.79 Å². The van der Waals surface area contributed by atoms with Gasteiger partial charge in [0.05, 0.1) is 10.7 Å². The van der Waals surface area contributed by atoms with Crippen molar-refractivity contribution in [1.82, 2.24) is 4.90 Å². The van der Waals surface area contributed by atoms with Gasteiger partial charge in [0, 0.05) is 24.7 Å². The highest BCUT2D eigenvalue weighted by Gasteiger charge is 2.23. The number of aliphatic hydroxyl groups excluding tert-OH is 1. The van der Waals surface area contributed by atoms with Crippen LogP contribution in [0.5, 0.6) is 0 Å². The van der Waals surface area contributed by atoms with Crippen LogP contribution in [0.2, 0.25) is 10.0 Å². The third-order valence-corrected chi connectivity index (χ3v) is 3.78. The zero-order valence-electron chi connectivity index (χ0n) is 10.4. The van der Waals surface area contributed by atoms with E-state index in [4.69, 9.17) is 28.3 Å². The van der Waals surface area contributed by atoms with E-state index in [9.17, 15) is 4.79 Å². The van der Waals surface area contributed by atoms with Crippen molar-refractivity contribution in [1.29, 1.82) is 0 Å². The van der Waals surface area contributed by atoms with Crippen molar-refractivity contribution in [3.05, 3.63) is 28.2 Å². The molecule has 0 aliphatic carbocycles. The Morgan fingerprint density at radius 3 is 2.95 bits per heavy atom. The number of halogens is 2. The molecule has 0 aromatic heterocycles. The van der Waals surface area contributed by atoms with Crippen LogP contribution in [0, 0.1) is 5.92 Å². The largest absolute Gasteiger partial charge is 0.396 e. The van der Waals surface area contributed by atoms with Gasteiger partial charge in [0.25, 0.3) is 0 Å². The lowest BCUT2D eigenvalue weighted by molar-refractivity contribution is 0.136. The lowest BCUT2D eigenvalue weighted by Gasteiger charge is -2.31. The summed E-state index contributed by atoms with van der Waals surface area (Å²) >= 11 is 11.8. The van der Waals surface area contributed by atoms with Gasteiger partial charge in [-0.2, -0.15) is 0 Å². The summed E-state index contributed by atoms with van der Waals surface area (Å²) in [6.45, 7) is 1.40. The highest BCUT2D eigenvalue weighted by molar-refractivity contribution is 6.36. The highest BCUT2D eigenvalue weighted by atomic mass is 35.5. The molecule has 6 heteroatoms. The predicted molar refractivity (Wildman–Crippen MR) is 76.9 cm³/mol. The molecule has 0 bridgehead atoms. The highest BCUT2D eigenvalue weighted by Crippen LogP contribution is 2.26. The molecule has 0 spiro atoms. The number of aliphatic hydroxyl groups is 1. The molecular formula is C13H16Cl2N2O2. The van der Waals surface area contributed by atoms with E-state index in [1.165, 1.54) is 0 Å². The quantitative estimate of drug-likeness (QED) is 0.881. The van der Waals surface area contributed by atoms with E-state index >= 15 is 0 Å². The molecule has 19 heavy (non-hydrogen) atoms. The van der Waals surface area contributed by atoms with Gasteiger partial charge in [-0.15, -0.1) is 0 Å². The second-order valence-corrected chi connectivity index (χ2v) is 5.53. The number of carbonyl (C=O) groups excluding carboxylic acids is 1. The van der Waals surface area contributed by atoms with Crippen molar-refractivity contribution < 1.29 is 9.90 Å². The maximum absolute atomic E-state index is 12.1. The summed E-state index contributed by atoms with van der Waals surface area (Å²) in [7, 11) is 0. The molecule has 2 rings (SSSR count). The van der Waals surface area contributed by atoms with Gasteiger partial charge in [-0.05, 0) is 37.0 Å². The summed E-state index contributed by atoms with van der Waals surface area (Å²) < 4.78 is 0. The minimum absolute atomic E-state index is 0.117. The fourth-order valence-electron chi connectivity index (χ4n) is 2.18. The van der Waals surface area contributed by atoms with Crippen LogP contribution in [0.1, 0.15) is 12.8 Å². The molecule has 2 N–H and O–H groups in total. The number of urea groups is 1. The summed E-state index contributed by atoms with van der Waals surface area (Å²) in [6, 6.07) is 4.75. The summed E-state index contributed by atoms with van der Waals surface area (Å²) in [5.41, 5.74) is 0.544. The number of likely N-dealkylation sites (tertiary alicyclic amines) is 1. The monoisotopic (exact) mass is 302 g/mol. The molecule has 1 aromatic rings. The number of hydrogen-bond donors (Lipinski definition) is 2. The fraction of sp³-hybridized carbons (Fsp3) is 0.462. The van der Waals surface area contributed by atoms with Crippen LogP contribution in [-0.2, 0) is 0 Å². The lowest BCUT2D eigenvalue weighted by atomic mass is 9.99. The summed E-state index contributed by atoms with van der Waals surface area (Å²) in [6.07, 6.45) is 1.87. The first-order valence-electron chi connectivity index (χ1n) is 6.22. The molecule has 1 saturated heterocycles. The average Bonchev–Trinajstić information content (AvgIpc) is 2.42. The van der Waals surface area contributed by atoms with Crippen LogP contribution < -0.4 is 5.32 Å². The maximum atomic E-state index is 12.1. The number of anilines is 1. The van der Waals surface area contributed by atoms with Gasteiger partial charge in [0.2, 0.25) is 0 Å². The molecule has 1 aromatic carbocycles. The van der Waals surface area contributed by atoms with Crippen LogP contribution in [-0.4, -0.2) is 35.7 Å². The molecule has 2 amide bonds. The number of amides is 2. The molecule has 1 fully saturated rings. The minimum atomic E-state index is -0.192. The van der Waals surface area contributed by atoms with E-state index in [0.29, 0.717) is 28.8 Å². The van der Waals surface area contributed by atoms with Gasteiger partial charge in [0.1, 0.15) is 0 Å². The van der Waals surface area contributed by atoms with E-state index in [-0.39, 0.29) is 18.6 Å². The normalized spacial score (nSPS) is 19.3. The third kappa shape index (κ3) is 3.75. The Morgan fingerprint density at radius 1 is 1.47 bits per heavy atom. The van der Waals surface area contributed by atoms with Gasteiger partial charge in [-0.1, -0.05) is 23.2 Å². The molecule has 1 aliphatic rings. The second-order valence-electron chi connectivity index (χ2n) is 4.69. The van der Waals surface area contributed by atoms with Crippen LogP contribution in [0.4, 0.5) is 10.5 Å². The first-order chi connectivity index (χ1) is 9.10. The number of piperidine rings is 1. The third-order valence-electron chi connectivity index (χ3n) is 3.24. The molecular weight excluding hydrogens is 287 g/mol. The zero-order valence-corrected chi connectivity index (χ0v) is 11.9. The Bertz CT molecular complexity index is 468. The van der Waals surface area contributed by atoms with Gasteiger partial charge in [-0.3, -0.25) is 0 Å². The first-order valence-corrected chi connectivity index (χ1v) is 6.97. The smallest absolute Gasteiger partial charge is 0.321 e. The Labute approximate surface area is 122 Å². The number of benzene rings is 1. The maximum Gasteiger partial charge on any atom is 0.321 e. The molecule has 1 unspecified atom stereocenters. The summed E-state index contributed by atoms with van der Waals surface area (Å²) in [5, 5.41) is 12.9. The van der Waals surface area contributed by atoms with Crippen molar-refractivity contribution in [2.75, 3.05) is 25.0 Å². The molecule has 1 aliphatic heterocycles. The lowest BCUT2D eigenvalue weighted by Crippen LogP contribution is -2.43. The Balaban J connectivity index is 2.00. The molecule has 1 heterocycles. The van der Waals surface area contributed by atoms with E-state index in [1.54, 1.807) is 23.1 Å². The van der Waals surface area contributed by atoms with E-state index in [0.717, 1.165) is 12.8 Å². The van der Waals surface area contributed by atoms with Crippen molar-refractivity contribution >= 4 is 34.9 Å². The SMILES string of the molecule is O=C(Nc1ccc(Cl)cc1Cl)N1CCCC(CO)C1. The topological polar surface area (TPSA) is 52.6 Å². The predicted octanol–water partition coefficient (Wildman–Crippen LogP) is 3.23.